The molecule has 2 aromatic carbocycles. The van der Waals surface area contributed by atoms with Crippen molar-refractivity contribution < 1.29 is 40.3 Å². The Morgan fingerprint density at radius 2 is 1.66 bits per heavy atom. The molecule has 1 aliphatic rings. The van der Waals surface area contributed by atoms with Crippen LogP contribution in [-0.2, 0) is 11.3 Å². The van der Waals surface area contributed by atoms with E-state index in [9.17, 15) is 40.3 Å². The van der Waals surface area contributed by atoms with Gasteiger partial charge in [-0.15, -0.1) is 0 Å². The number of amides is 1. The molecule has 1 aliphatic carbocycles. The highest BCUT2D eigenvalue weighted by Crippen LogP contribution is 2.31. The fourth-order valence-corrected chi connectivity index (χ4v) is 5.00. The van der Waals surface area contributed by atoms with Crippen LogP contribution in [0.3, 0.4) is 0 Å². The maximum atomic E-state index is 14.5. The van der Waals surface area contributed by atoms with E-state index in [0.29, 0.717) is 48.6 Å². The molecule has 0 heterocycles. The number of hydrogen-bond donors (Lipinski definition) is 1. The van der Waals surface area contributed by atoms with Crippen molar-refractivity contribution >= 4 is 29.0 Å². The molecule has 0 radical (unpaired) electrons. The van der Waals surface area contributed by atoms with Gasteiger partial charge in [-0.2, -0.15) is 13.2 Å². The molecule has 1 amide bonds. The molecule has 1 fully saturated rings. The van der Waals surface area contributed by atoms with Crippen LogP contribution in [0.4, 0.5) is 30.7 Å². The van der Waals surface area contributed by atoms with E-state index in [1.54, 1.807) is 6.92 Å². The molecule has 0 spiro atoms. The molecule has 1 saturated carbocycles. The average Bonchev–Trinajstić information content (AvgIpc) is 2.86. The van der Waals surface area contributed by atoms with Gasteiger partial charge in [0.05, 0.1) is 28.7 Å². The number of aliphatic imine (C=N–C) groups is 1. The largest absolute Gasteiger partial charge is 0.433 e. The molecule has 0 saturated heterocycles. The van der Waals surface area contributed by atoms with Crippen LogP contribution in [-0.4, -0.2) is 41.1 Å². The lowest BCUT2D eigenvalue weighted by atomic mass is 9.86. The highest BCUT2D eigenvalue weighted by atomic mass is 35.5. The Labute approximate surface area is 236 Å². The molecule has 13 heteroatoms. The van der Waals surface area contributed by atoms with Crippen LogP contribution in [0.5, 0.6) is 0 Å². The van der Waals surface area contributed by atoms with Crippen LogP contribution in [0.1, 0.15) is 54.1 Å². The predicted octanol–water partition coefficient (Wildman–Crippen LogP) is 6.84. The van der Waals surface area contributed by atoms with Gasteiger partial charge in [0.25, 0.3) is 5.91 Å². The smallest absolute Gasteiger partial charge is 0.404 e. The van der Waals surface area contributed by atoms with Crippen LogP contribution in [0.25, 0.3) is 0 Å². The number of rotatable bonds is 8. The third-order valence-electron chi connectivity index (χ3n) is 6.97. The third kappa shape index (κ3) is 7.66. The van der Waals surface area contributed by atoms with Crippen molar-refractivity contribution in [3.63, 3.8) is 0 Å². The number of nitrogens with zero attached hydrogens (tertiary/aromatic N) is 2. The predicted molar refractivity (Wildman–Crippen MR) is 139 cm³/mol. The number of Topliss-reactive ketones (excluding diaryl/α,β-unsaturated/α-hetero) is 1. The minimum absolute atomic E-state index is 0.151. The second kappa shape index (κ2) is 13.1. The zero-order valence-electron chi connectivity index (χ0n) is 22.1. The molecular formula is C28H27ClF7N3O2. The monoisotopic (exact) mass is 605 g/mol. The fraction of sp³-hybridized carbons (Fsp3) is 0.393. The summed E-state index contributed by atoms with van der Waals surface area (Å²) >= 11 is 5.84. The lowest BCUT2D eigenvalue weighted by molar-refractivity contribution is -0.127. The first-order valence-corrected chi connectivity index (χ1v) is 13.0. The highest BCUT2D eigenvalue weighted by molar-refractivity contribution is 6.34. The summed E-state index contributed by atoms with van der Waals surface area (Å²) in [5.74, 6) is -7.41. The Balaban J connectivity index is 2.10. The van der Waals surface area contributed by atoms with Gasteiger partial charge in [0.1, 0.15) is 23.3 Å². The minimum atomic E-state index is -5.14. The molecule has 222 valence electrons. The van der Waals surface area contributed by atoms with E-state index in [0.717, 1.165) is 12.5 Å². The van der Waals surface area contributed by atoms with Crippen molar-refractivity contribution in [2.75, 3.05) is 6.54 Å². The lowest BCUT2D eigenvalue weighted by Gasteiger charge is -2.28. The summed E-state index contributed by atoms with van der Waals surface area (Å²) in [6.07, 6.45) is -2.32. The van der Waals surface area contributed by atoms with Gasteiger partial charge in [0.2, 0.25) is 0 Å². The molecule has 5 nitrogen and oxygen atoms in total. The molecule has 2 aromatic rings. The van der Waals surface area contributed by atoms with Gasteiger partial charge in [-0.25, -0.2) is 17.6 Å². The third-order valence-corrected chi connectivity index (χ3v) is 7.27. The number of nitrogens with two attached hydrogens (primary N) is 1. The second-order valence-corrected chi connectivity index (χ2v) is 10.3. The van der Waals surface area contributed by atoms with Crippen molar-refractivity contribution in [3.05, 3.63) is 81.0 Å². The number of alkyl halides is 3. The highest BCUT2D eigenvalue weighted by Gasteiger charge is 2.43. The van der Waals surface area contributed by atoms with E-state index in [1.165, 1.54) is 6.92 Å². The van der Waals surface area contributed by atoms with Crippen LogP contribution in [0.15, 0.2) is 41.0 Å². The molecule has 2 atom stereocenters. The van der Waals surface area contributed by atoms with Crippen LogP contribution in [0.2, 0.25) is 5.02 Å². The van der Waals surface area contributed by atoms with E-state index < -0.39 is 82.1 Å². The second-order valence-electron chi connectivity index (χ2n) is 9.89. The van der Waals surface area contributed by atoms with Crippen LogP contribution >= 0.6 is 11.6 Å². The Kier molecular flexibility index (Phi) is 10.2. The zero-order chi connectivity index (χ0) is 30.6. The van der Waals surface area contributed by atoms with Crippen molar-refractivity contribution in [3.8, 4) is 0 Å². The van der Waals surface area contributed by atoms with Crippen molar-refractivity contribution in [2.45, 2.75) is 58.3 Å². The molecule has 2 N–H and O–H groups in total. The first kappa shape index (κ1) is 32.1. The van der Waals surface area contributed by atoms with Gasteiger partial charge in [-0.3, -0.25) is 14.6 Å². The molecule has 0 bridgehead atoms. The number of ketones is 1. The summed E-state index contributed by atoms with van der Waals surface area (Å²) in [7, 11) is 0. The fourth-order valence-electron chi connectivity index (χ4n) is 4.70. The first-order chi connectivity index (χ1) is 19.1. The van der Waals surface area contributed by atoms with Crippen molar-refractivity contribution in [1.29, 1.82) is 0 Å². The molecule has 0 aliphatic heterocycles. The van der Waals surface area contributed by atoms with Crippen molar-refractivity contribution in [2.24, 2.45) is 16.6 Å². The Morgan fingerprint density at radius 1 is 1.05 bits per heavy atom. The summed E-state index contributed by atoms with van der Waals surface area (Å²) in [4.78, 5) is 31.1. The van der Waals surface area contributed by atoms with Gasteiger partial charge in [0.15, 0.2) is 11.5 Å². The zero-order valence-corrected chi connectivity index (χ0v) is 22.9. The normalized spacial score (nSPS) is 18.4. The van der Waals surface area contributed by atoms with E-state index in [1.807, 2.05) is 0 Å². The van der Waals surface area contributed by atoms with Crippen LogP contribution < -0.4 is 5.73 Å². The van der Waals surface area contributed by atoms with E-state index in [2.05, 4.69) is 4.99 Å². The van der Waals surface area contributed by atoms with E-state index in [-0.39, 0.29) is 17.0 Å². The molecular weight excluding hydrogens is 579 g/mol. The number of halogens is 8. The summed E-state index contributed by atoms with van der Waals surface area (Å²) in [5.41, 5.74) is 1.67. The van der Waals surface area contributed by atoms with E-state index >= 15 is 0 Å². The summed E-state index contributed by atoms with van der Waals surface area (Å²) < 4.78 is 99.1. The number of carbonyl (C=O) groups is 2. The topological polar surface area (TPSA) is 75.8 Å². The Hall–Kier alpha value is -3.41. The average molecular weight is 606 g/mol. The number of benzene rings is 2. The van der Waals surface area contributed by atoms with Crippen LogP contribution in [0, 0.1) is 36.1 Å². The first-order valence-electron chi connectivity index (χ1n) is 12.6. The van der Waals surface area contributed by atoms with Gasteiger partial charge >= 0.3 is 6.18 Å². The lowest BCUT2D eigenvalue weighted by Crippen LogP contribution is -2.42. The molecule has 41 heavy (non-hydrogen) atoms. The maximum absolute atomic E-state index is 14.5. The molecule has 3 rings (SSSR count). The SMILES string of the molecule is Cc1c(F)cc(F)cc1CN(CC(=O)c1c(F)cc(F)cc1Cl)C(=O)C(=CN)C(=N[C@H]1CCCC[C@@H]1C)C(F)(F)F. The number of carbonyl (C=O) groups excluding carboxylic acids is 2. The maximum Gasteiger partial charge on any atom is 0.433 e. The summed E-state index contributed by atoms with van der Waals surface area (Å²) in [6, 6.07) is 1.64. The van der Waals surface area contributed by atoms with Crippen molar-refractivity contribution in [1.82, 2.24) is 4.90 Å². The Bertz CT molecular complexity index is 1370. The summed E-state index contributed by atoms with van der Waals surface area (Å²) in [5, 5.41) is -0.647. The van der Waals surface area contributed by atoms with Gasteiger partial charge in [-0.05, 0) is 48.9 Å². The molecule has 0 unspecified atom stereocenters. The number of hydrogen-bond acceptors (Lipinski definition) is 4. The van der Waals surface area contributed by atoms with Gasteiger partial charge in [-0.1, -0.05) is 31.4 Å². The quantitative estimate of drug-likeness (QED) is 0.155. The Morgan fingerprint density at radius 3 is 2.24 bits per heavy atom. The standard InChI is InChI=1S/C28H27ClF7N3O2/c1-14-5-3-4-6-23(14)38-26(28(34,35)36)19(11-37)27(41)39(12-16-7-17(30)9-21(32)15(16)2)13-24(40)25-20(29)8-18(31)10-22(25)33/h7-11,14,23H,3-6,12-13,37H2,1-2H3/t14-,23-/m0/s1. The molecule has 0 aromatic heterocycles. The van der Waals surface area contributed by atoms with E-state index in [4.69, 9.17) is 17.3 Å². The summed E-state index contributed by atoms with van der Waals surface area (Å²) in [6.45, 7) is 1.11. The van der Waals surface area contributed by atoms with Gasteiger partial charge in [0, 0.05) is 24.9 Å². The minimum Gasteiger partial charge on any atom is -0.404 e. The van der Waals surface area contributed by atoms with Gasteiger partial charge < -0.3 is 10.6 Å².